The number of rotatable bonds is 9. The van der Waals surface area contributed by atoms with E-state index < -0.39 is 0 Å². The Bertz CT molecular complexity index is 1000. The summed E-state index contributed by atoms with van der Waals surface area (Å²) in [4.78, 5) is 14.4. The van der Waals surface area contributed by atoms with Crippen molar-refractivity contribution in [3.63, 3.8) is 0 Å². The largest absolute Gasteiger partial charge is 0.439 e. The van der Waals surface area contributed by atoms with E-state index in [2.05, 4.69) is 5.32 Å². The summed E-state index contributed by atoms with van der Waals surface area (Å²) in [6.45, 7) is 5.70. The Morgan fingerprint density at radius 1 is 1.16 bits per heavy atom. The van der Waals surface area contributed by atoms with Gasteiger partial charge in [0.15, 0.2) is 0 Å². The van der Waals surface area contributed by atoms with Crippen LogP contribution in [0.4, 0.5) is 4.79 Å². The Labute approximate surface area is 183 Å². The van der Waals surface area contributed by atoms with Crippen LogP contribution < -0.4 is 10.1 Å². The van der Waals surface area contributed by atoms with Crippen molar-refractivity contribution in [1.82, 2.24) is 20.0 Å². The van der Waals surface area contributed by atoms with Crippen molar-refractivity contribution in [2.24, 2.45) is 7.05 Å². The number of hydrogen-bond acceptors (Lipinski definition) is 4. The average molecular weight is 423 g/mol. The molecule has 164 valence electrons. The molecular formula is C24H30N4O3. The maximum absolute atomic E-state index is 12.7. The molecule has 3 rings (SSSR count). The van der Waals surface area contributed by atoms with Crippen LogP contribution in [0.5, 0.6) is 11.6 Å². The number of urea groups is 1. The van der Waals surface area contributed by atoms with Crippen LogP contribution in [0.15, 0.2) is 54.6 Å². The van der Waals surface area contributed by atoms with Gasteiger partial charge in [-0.1, -0.05) is 42.5 Å². The first kappa shape index (κ1) is 22.4. The van der Waals surface area contributed by atoms with E-state index in [0.717, 1.165) is 28.1 Å². The van der Waals surface area contributed by atoms with Crippen LogP contribution in [0.25, 0.3) is 11.3 Å². The van der Waals surface area contributed by atoms with Crippen LogP contribution in [0.1, 0.15) is 18.1 Å². The highest BCUT2D eigenvalue weighted by Crippen LogP contribution is 2.34. The predicted molar refractivity (Wildman–Crippen MR) is 121 cm³/mol. The van der Waals surface area contributed by atoms with E-state index in [4.69, 9.17) is 14.6 Å². The highest BCUT2D eigenvalue weighted by atomic mass is 16.5. The fourth-order valence-corrected chi connectivity index (χ4v) is 3.35. The third kappa shape index (κ3) is 5.64. The van der Waals surface area contributed by atoms with Gasteiger partial charge in [0.2, 0.25) is 5.88 Å². The Balaban J connectivity index is 2.04. The van der Waals surface area contributed by atoms with Crippen LogP contribution in [0.3, 0.4) is 0 Å². The van der Waals surface area contributed by atoms with Crippen molar-refractivity contribution in [3.05, 3.63) is 65.7 Å². The van der Waals surface area contributed by atoms with E-state index in [1.54, 1.807) is 16.7 Å². The molecule has 31 heavy (non-hydrogen) atoms. The lowest BCUT2D eigenvalue weighted by Crippen LogP contribution is -2.41. The smallest absolute Gasteiger partial charge is 0.317 e. The van der Waals surface area contributed by atoms with Crippen LogP contribution in [-0.4, -0.2) is 47.5 Å². The monoisotopic (exact) mass is 422 g/mol. The molecule has 1 heterocycles. The lowest BCUT2D eigenvalue weighted by molar-refractivity contribution is 0.146. The van der Waals surface area contributed by atoms with Crippen molar-refractivity contribution in [2.75, 3.05) is 26.8 Å². The number of hydrogen-bond donors (Lipinski definition) is 1. The van der Waals surface area contributed by atoms with Gasteiger partial charge in [0, 0.05) is 32.8 Å². The van der Waals surface area contributed by atoms with Gasteiger partial charge in [-0.25, -0.2) is 9.48 Å². The van der Waals surface area contributed by atoms with E-state index in [1.807, 2.05) is 75.5 Å². The zero-order chi connectivity index (χ0) is 22.2. The Hall–Kier alpha value is -3.32. The van der Waals surface area contributed by atoms with Gasteiger partial charge in [0.25, 0.3) is 0 Å². The molecule has 0 radical (unpaired) electrons. The van der Waals surface area contributed by atoms with Gasteiger partial charge in [-0.2, -0.15) is 5.10 Å². The van der Waals surface area contributed by atoms with Gasteiger partial charge < -0.3 is 19.7 Å². The van der Waals surface area contributed by atoms with Gasteiger partial charge in [0.1, 0.15) is 11.4 Å². The van der Waals surface area contributed by atoms with Gasteiger partial charge in [-0.05, 0) is 31.5 Å². The van der Waals surface area contributed by atoms with Gasteiger partial charge in [0.05, 0.1) is 18.7 Å². The molecule has 2 aromatic carbocycles. The standard InChI is InChI=1S/C24H30N4O3/c1-5-25-24(29)28(14-15-30-4)17-21-22(19-11-7-6-8-12-19)26-27(3)23(21)31-20-13-9-10-18(2)16-20/h6-13,16H,5,14-15,17H2,1-4H3,(H,25,29). The molecule has 2 amide bonds. The summed E-state index contributed by atoms with van der Waals surface area (Å²) < 4.78 is 13.2. The minimum Gasteiger partial charge on any atom is -0.439 e. The number of ether oxygens (including phenoxy) is 2. The number of aromatic nitrogens is 2. The molecule has 3 aromatic rings. The summed E-state index contributed by atoms with van der Waals surface area (Å²) in [5.74, 6) is 1.33. The lowest BCUT2D eigenvalue weighted by atomic mass is 10.1. The molecule has 0 spiro atoms. The Morgan fingerprint density at radius 3 is 2.61 bits per heavy atom. The summed E-state index contributed by atoms with van der Waals surface area (Å²) in [5.41, 5.74) is 3.71. The SMILES string of the molecule is CCNC(=O)N(CCOC)Cc1c(-c2ccccc2)nn(C)c1Oc1cccc(C)c1. The topological polar surface area (TPSA) is 68.6 Å². The van der Waals surface area contributed by atoms with E-state index in [9.17, 15) is 4.79 Å². The molecular weight excluding hydrogens is 392 g/mol. The molecule has 1 N–H and O–H groups in total. The molecule has 0 saturated carbocycles. The van der Waals surface area contributed by atoms with Crippen molar-refractivity contribution in [1.29, 1.82) is 0 Å². The molecule has 0 atom stereocenters. The molecule has 0 fully saturated rings. The highest BCUT2D eigenvalue weighted by Gasteiger charge is 2.24. The number of methoxy groups -OCH3 is 1. The molecule has 1 aromatic heterocycles. The average Bonchev–Trinajstić information content (AvgIpc) is 3.07. The number of carbonyl (C=O) groups is 1. The second-order valence-corrected chi connectivity index (χ2v) is 7.29. The lowest BCUT2D eigenvalue weighted by Gasteiger charge is -2.23. The zero-order valence-electron chi connectivity index (χ0n) is 18.6. The van der Waals surface area contributed by atoms with Gasteiger partial charge in [-0.3, -0.25) is 0 Å². The van der Waals surface area contributed by atoms with Gasteiger partial charge >= 0.3 is 6.03 Å². The Morgan fingerprint density at radius 2 is 1.94 bits per heavy atom. The molecule has 0 aliphatic carbocycles. The molecule has 0 aliphatic rings. The van der Waals surface area contributed by atoms with Gasteiger partial charge in [-0.15, -0.1) is 0 Å². The van der Waals surface area contributed by atoms with Crippen LogP contribution in [0.2, 0.25) is 0 Å². The number of carbonyl (C=O) groups excluding carboxylic acids is 1. The number of aryl methyl sites for hydroxylation is 2. The quantitative estimate of drug-likeness (QED) is 0.556. The molecule has 7 heteroatoms. The molecule has 0 unspecified atom stereocenters. The van der Waals surface area contributed by atoms with E-state index in [0.29, 0.717) is 32.1 Å². The minimum absolute atomic E-state index is 0.149. The molecule has 0 aliphatic heterocycles. The maximum atomic E-state index is 12.7. The molecule has 0 saturated heterocycles. The first-order valence-electron chi connectivity index (χ1n) is 10.4. The number of benzene rings is 2. The first-order chi connectivity index (χ1) is 15.0. The normalized spacial score (nSPS) is 10.7. The van der Waals surface area contributed by atoms with E-state index in [-0.39, 0.29) is 6.03 Å². The first-order valence-corrected chi connectivity index (χ1v) is 10.4. The Kier molecular flexibility index (Phi) is 7.67. The molecule has 7 nitrogen and oxygen atoms in total. The maximum Gasteiger partial charge on any atom is 0.317 e. The second kappa shape index (κ2) is 10.6. The van der Waals surface area contributed by atoms with Crippen molar-refractivity contribution in [2.45, 2.75) is 20.4 Å². The second-order valence-electron chi connectivity index (χ2n) is 7.29. The van der Waals surface area contributed by atoms with Crippen LogP contribution >= 0.6 is 0 Å². The summed E-state index contributed by atoms with van der Waals surface area (Å²) in [6.07, 6.45) is 0. The fourth-order valence-electron chi connectivity index (χ4n) is 3.35. The summed E-state index contributed by atoms with van der Waals surface area (Å²) >= 11 is 0. The summed E-state index contributed by atoms with van der Waals surface area (Å²) in [7, 11) is 3.48. The van der Waals surface area contributed by atoms with E-state index in [1.165, 1.54) is 0 Å². The van der Waals surface area contributed by atoms with Crippen LogP contribution in [0, 0.1) is 6.92 Å². The predicted octanol–water partition coefficient (Wildman–Crippen LogP) is 4.37. The fraction of sp³-hybridized carbons (Fsp3) is 0.333. The number of amides is 2. The summed E-state index contributed by atoms with van der Waals surface area (Å²) in [5, 5.41) is 7.62. The summed E-state index contributed by atoms with van der Waals surface area (Å²) in [6, 6.07) is 17.7. The van der Waals surface area contributed by atoms with Crippen molar-refractivity contribution in [3.8, 4) is 22.9 Å². The van der Waals surface area contributed by atoms with Crippen LogP contribution in [-0.2, 0) is 18.3 Å². The third-order valence-corrected chi connectivity index (χ3v) is 4.87. The van der Waals surface area contributed by atoms with E-state index >= 15 is 0 Å². The number of nitrogens with one attached hydrogen (secondary N) is 1. The number of nitrogens with zero attached hydrogens (tertiary/aromatic N) is 3. The zero-order valence-corrected chi connectivity index (χ0v) is 18.6. The third-order valence-electron chi connectivity index (χ3n) is 4.87. The minimum atomic E-state index is -0.149. The highest BCUT2D eigenvalue weighted by molar-refractivity contribution is 5.75. The molecule has 0 bridgehead atoms. The van der Waals surface area contributed by atoms with Crippen molar-refractivity contribution < 1.29 is 14.3 Å². The van der Waals surface area contributed by atoms with Crippen molar-refractivity contribution >= 4 is 6.03 Å².